The summed E-state index contributed by atoms with van der Waals surface area (Å²) in [4.78, 5) is 35.3. The van der Waals surface area contributed by atoms with E-state index in [4.69, 9.17) is 14.0 Å². The number of benzene rings is 1. The van der Waals surface area contributed by atoms with Crippen LogP contribution in [0.5, 0.6) is 5.75 Å². The van der Waals surface area contributed by atoms with Crippen LogP contribution in [-0.2, 0) is 16.1 Å². The molecule has 0 aliphatic rings. The molecule has 0 fully saturated rings. The van der Waals surface area contributed by atoms with Gasteiger partial charge in [0.15, 0.2) is 6.10 Å². The summed E-state index contributed by atoms with van der Waals surface area (Å²) in [6.45, 7) is 7.40. The predicted octanol–water partition coefficient (Wildman–Crippen LogP) is 2.26. The lowest BCUT2D eigenvalue weighted by atomic mass is 10.2. The van der Waals surface area contributed by atoms with Gasteiger partial charge in [0.05, 0.1) is 16.8 Å². The van der Waals surface area contributed by atoms with E-state index >= 15 is 0 Å². The Bertz CT molecular complexity index is 824. The molecule has 150 valence electrons. The molecule has 1 aromatic heterocycles. The maximum atomic E-state index is 12.2. The number of nitrogens with zero attached hydrogens (tertiary/aromatic N) is 1. The molecule has 2 aromatic rings. The third-order valence-corrected chi connectivity index (χ3v) is 3.88. The Morgan fingerprint density at radius 1 is 1.18 bits per heavy atom. The van der Waals surface area contributed by atoms with Crippen LogP contribution in [0.1, 0.15) is 41.2 Å². The fraction of sp³-hybridized carbons (Fsp3) is 0.368. The Morgan fingerprint density at radius 2 is 1.86 bits per heavy atom. The first-order valence-electron chi connectivity index (χ1n) is 8.76. The van der Waals surface area contributed by atoms with E-state index in [-0.39, 0.29) is 5.56 Å². The molecule has 0 bridgehead atoms. The molecule has 0 saturated carbocycles. The van der Waals surface area contributed by atoms with E-state index < -0.39 is 24.0 Å². The second-order valence-corrected chi connectivity index (χ2v) is 6.01. The Morgan fingerprint density at radius 3 is 2.43 bits per heavy atom. The van der Waals surface area contributed by atoms with Gasteiger partial charge in [0.1, 0.15) is 18.1 Å². The number of aryl methyl sites for hydroxylation is 2. The summed E-state index contributed by atoms with van der Waals surface area (Å²) < 4.78 is 15.8. The van der Waals surface area contributed by atoms with Crippen LogP contribution in [-0.4, -0.2) is 35.7 Å². The van der Waals surface area contributed by atoms with Gasteiger partial charge >= 0.3 is 12.0 Å². The van der Waals surface area contributed by atoms with E-state index in [0.717, 1.165) is 11.3 Å². The Hall–Kier alpha value is -3.36. The molecule has 0 aliphatic heterocycles. The molecule has 0 radical (unpaired) electrons. The zero-order chi connectivity index (χ0) is 20.7. The summed E-state index contributed by atoms with van der Waals surface area (Å²) in [6, 6.07) is 5.65. The van der Waals surface area contributed by atoms with Gasteiger partial charge in [0.2, 0.25) is 0 Å². The quantitative estimate of drug-likeness (QED) is 0.697. The molecule has 3 amide bonds. The first kappa shape index (κ1) is 20.9. The molecular formula is C19H23N3O6. The van der Waals surface area contributed by atoms with Crippen LogP contribution >= 0.6 is 0 Å². The number of aromatic nitrogens is 1. The fourth-order valence-electron chi connectivity index (χ4n) is 2.25. The van der Waals surface area contributed by atoms with Gasteiger partial charge in [-0.3, -0.25) is 10.1 Å². The van der Waals surface area contributed by atoms with Crippen LogP contribution in [0.3, 0.4) is 0 Å². The second-order valence-electron chi connectivity index (χ2n) is 6.01. The highest BCUT2D eigenvalue weighted by atomic mass is 16.5. The van der Waals surface area contributed by atoms with Crippen LogP contribution in [0.25, 0.3) is 0 Å². The van der Waals surface area contributed by atoms with Crippen molar-refractivity contribution in [1.82, 2.24) is 15.8 Å². The molecule has 28 heavy (non-hydrogen) atoms. The van der Waals surface area contributed by atoms with E-state index in [1.807, 2.05) is 6.92 Å². The lowest BCUT2D eigenvalue weighted by Crippen LogP contribution is -2.44. The molecule has 0 spiro atoms. The zero-order valence-corrected chi connectivity index (χ0v) is 16.2. The van der Waals surface area contributed by atoms with Gasteiger partial charge in [-0.25, -0.2) is 9.59 Å². The van der Waals surface area contributed by atoms with Crippen molar-refractivity contribution in [3.63, 3.8) is 0 Å². The van der Waals surface area contributed by atoms with E-state index in [1.54, 1.807) is 26.0 Å². The van der Waals surface area contributed by atoms with Crippen LogP contribution in [0, 0.1) is 13.8 Å². The maximum Gasteiger partial charge on any atom is 0.338 e. The highest BCUT2D eigenvalue weighted by Gasteiger charge is 2.20. The fourth-order valence-corrected chi connectivity index (χ4v) is 2.25. The number of carbonyl (C=O) groups is 3. The number of ether oxygens (including phenoxy) is 2. The highest BCUT2D eigenvalue weighted by molar-refractivity contribution is 5.98. The predicted molar refractivity (Wildman–Crippen MR) is 98.8 cm³/mol. The second kappa shape index (κ2) is 9.54. The normalized spacial score (nSPS) is 11.4. The molecule has 1 aromatic carbocycles. The van der Waals surface area contributed by atoms with Crippen LogP contribution in [0.2, 0.25) is 0 Å². The minimum atomic E-state index is -1.12. The first-order chi connectivity index (χ1) is 13.3. The van der Waals surface area contributed by atoms with Crippen molar-refractivity contribution in [1.29, 1.82) is 0 Å². The maximum absolute atomic E-state index is 12.2. The standard InChI is InChI=1S/C19H23N3O6/c1-5-20-19(25)21-17(23)13(4)27-18(24)14-6-8-15(9-7-14)26-10-16-11(2)22-28-12(16)3/h6-9,13H,5,10H2,1-4H3,(H2,20,21,23,25). The average Bonchev–Trinajstić information content (AvgIpc) is 2.98. The summed E-state index contributed by atoms with van der Waals surface area (Å²) in [7, 11) is 0. The Balaban J connectivity index is 1.89. The monoisotopic (exact) mass is 389 g/mol. The van der Waals surface area contributed by atoms with Gasteiger partial charge in [0.25, 0.3) is 5.91 Å². The minimum absolute atomic E-state index is 0.252. The van der Waals surface area contributed by atoms with E-state index in [0.29, 0.717) is 24.7 Å². The van der Waals surface area contributed by atoms with E-state index in [9.17, 15) is 14.4 Å². The topological polar surface area (TPSA) is 120 Å². The third-order valence-electron chi connectivity index (χ3n) is 3.88. The summed E-state index contributed by atoms with van der Waals surface area (Å²) in [5, 5.41) is 8.36. The molecule has 9 heteroatoms. The summed E-state index contributed by atoms with van der Waals surface area (Å²) in [5.74, 6) is -0.148. The Kier molecular flexibility index (Phi) is 7.14. The molecule has 1 atom stereocenters. The van der Waals surface area contributed by atoms with Crippen LogP contribution in [0.15, 0.2) is 28.8 Å². The van der Waals surface area contributed by atoms with Gasteiger partial charge in [-0.2, -0.15) is 0 Å². The number of amides is 3. The first-order valence-corrected chi connectivity index (χ1v) is 8.76. The lowest BCUT2D eigenvalue weighted by Gasteiger charge is -2.13. The van der Waals surface area contributed by atoms with E-state index in [2.05, 4.69) is 15.8 Å². The van der Waals surface area contributed by atoms with Crippen molar-refractivity contribution in [2.45, 2.75) is 40.4 Å². The van der Waals surface area contributed by atoms with Crippen molar-refractivity contribution in [2.24, 2.45) is 0 Å². The number of hydrogen-bond donors (Lipinski definition) is 2. The SMILES string of the molecule is CCNC(=O)NC(=O)C(C)OC(=O)c1ccc(OCc2c(C)noc2C)cc1. The van der Waals surface area contributed by atoms with Gasteiger partial charge in [-0.1, -0.05) is 5.16 Å². The van der Waals surface area contributed by atoms with Crippen molar-refractivity contribution in [3.05, 3.63) is 46.8 Å². The highest BCUT2D eigenvalue weighted by Crippen LogP contribution is 2.18. The van der Waals surface area contributed by atoms with Crippen molar-refractivity contribution in [2.75, 3.05) is 6.54 Å². The number of rotatable bonds is 7. The molecule has 9 nitrogen and oxygen atoms in total. The van der Waals surface area contributed by atoms with Gasteiger partial charge in [-0.05, 0) is 52.0 Å². The van der Waals surface area contributed by atoms with Crippen LogP contribution in [0.4, 0.5) is 4.79 Å². The van der Waals surface area contributed by atoms with Crippen molar-refractivity contribution in [3.8, 4) is 5.75 Å². The average molecular weight is 389 g/mol. The largest absolute Gasteiger partial charge is 0.489 e. The number of hydrogen-bond acceptors (Lipinski definition) is 7. The lowest BCUT2D eigenvalue weighted by molar-refractivity contribution is -0.127. The third kappa shape index (κ3) is 5.57. The Labute approximate surface area is 162 Å². The molecular weight excluding hydrogens is 366 g/mol. The zero-order valence-electron chi connectivity index (χ0n) is 16.2. The van der Waals surface area contributed by atoms with Gasteiger partial charge < -0.3 is 19.3 Å². The number of imide groups is 1. The summed E-state index contributed by atoms with van der Waals surface area (Å²) in [6.07, 6.45) is -1.12. The number of carbonyl (C=O) groups excluding carboxylic acids is 3. The van der Waals surface area contributed by atoms with Crippen molar-refractivity contribution < 1.29 is 28.4 Å². The minimum Gasteiger partial charge on any atom is -0.489 e. The van der Waals surface area contributed by atoms with Crippen LogP contribution < -0.4 is 15.4 Å². The molecule has 0 saturated heterocycles. The smallest absolute Gasteiger partial charge is 0.338 e. The number of urea groups is 1. The molecule has 1 heterocycles. The van der Waals surface area contributed by atoms with Crippen molar-refractivity contribution >= 4 is 17.9 Å². The summed E-state index contributed by atoms with van der Waals surface area (Å²) in [5.41, 5.74) is 1.88. The number of esters is 1. The molecule has 2 N–H and O–H groups in total. The number of nitrogens with one attached hydrogen (secondary N) is 2. The molecule has 1 unspecified atom stereocenters. The van der Waals surface area contributed by atoms with Gasteiger partial charge in [-0.15, -0.1) is 0 Å². The molecule has 0 aliphatic carbocycles. The summed E-state index contributed by atoms with van der Waals surface area (Å²) >= 11 is 0. The van der Waals surface area contributed by atoms with E-state index in [1.165, 1.54) is 19.1 Å². The molecule has 2 rings (SSSR count). The van der Waals surface area contributed by atoms with Gasteiger partial charge in [0, 0.05) is 6.54 Å².